The Morgan fingerprint density at radius 1 is 1.33 bits per heavy atom. The molecule has 0 spiro atoms. The number of amides is 1. The normalized spacial score (nSPS) is 12.2. The Kier molecular flexibility index (Phi) is 2.86. The predicted molar refractivity (Wildman–Crippen MR) is 48.7 cm³/mol. The molecule has 0 aliphatic carbocycles. The van der Waals surface area contributed by atoms with E-state index in [2.05, 4.69) is 5.32 Å². The van der Waals surface area contributed by atoms with Crippen molar-refractivity contribution in [2.75, 3.05) is 0 Å². The Morgan fingerprint density at radius 2 is 1.92 bits per heavy atom. The lowest BCUT2D eigenvalue weighted by molar-refractivity contribution is -0.119. The molecule has 12 heavy (non-hydrogen) atoms. The van der Waals surface area contributed by atoms with Crippen molar-refractivity contribution in [3.8, 4) is 0 Å². The second kappa shape index (κ2) is 3.90. The summed E-state index contributed by atoms with van der Waals surface area (Å²) in [5, 5.41) is 2.82. The highest BCUT2D eigenvalue weighted by molar-refractivity contribution is 5.73. The molecule has 64 valence electrons. The zero-order valence-electron chi connectivity index (χ0n) is 7.37. The first-order valence-corrected chi connectivity index (χ1v) is 4.02. The van der Waals surface area contributed by atoms with Crippen LogP contribution in [-0.2, 0) is 4.79 Å². The first-order chi connectivity index (χ1) is 5.70. The van der Waals surface area contributed by atoms with Crippen molar-refractivity contribution in [3.63, 3.8) is 0 Å². The molecule has 1 rings (SSSR count). The van der Waals surface area contributed by atoms with Crippen LogP contribution in [0.25, 0.3) is 0 Å². The second-order valence-electron chi connectivity index (χ2n) is 2.83. The molecular weight excluding hydrogens is 151 g/mol. The van der Waals surface area contributed by atoms with E-state index in [-0.39, 0.29) is 11.9 Å². The number of benzene rings is 1. The van der Waals surface area contributed by atoms with Crippen LogP contribution in [-0.4, -0.2) is 5.91 Å². The summed E-state index contributed by atoms with van der Waals surface area (Å²) < 4.78 is 0. The lowest BCUT2D eigenvalue weighted by atomic mass is 10.1. The minimum absolute atomic E-state index is 0.00588. The van der Waals surface area contributed by atoms with E-state index in [4.69, 9.17) is 0 Å². The van der Waals surface area contributed by atoms with Gasteiger partial charge in [-0.15, -0.1) is 0 Å². The van der Waals surface area contributed by atoms with E-state index >= 15 is 0 Å². The maximum atomic E-state index is 10.7. The summed E-state index contributed by atoms with van der Waals surface area (Å²) in [5.74, 6) is 0.00588. The fourth-order valence-corrected chi connectivity index (χ4v) is 1.13. The Labute approximate surface area is 72.6 Å². The molecule has 0 unspecified atom stereocenters. The van der Waals surface area contributed by atoms with E-state index < -0.39 is 0 Å². The van der Waals surface area contributed by atoms with Crippen LogP contribution in [0.1, 0.15) is 25.5 Å². The first kappa shape index (κ1) is 8.78. The molecule has 0 saturated heterocycles. The molecule has 0 saturated carbocycles. The molecule has 1 N–H and O–H groups in total. The molecule has 0 radical (unpaired) electrons. The molecular formula is C10H13NO. The van der Waals surface area contributed by atoms with Crippen molar-refractivity contribution >= 4 is 5.91 Å². The summed E-state index contributed by atoms with van der Waals surface area (Å²) in [6.07, 6.45) is 0. The average Bonchev–Trinajstić information content (AvgIpc) is 2.05. The summed E-state index contributed by atoms with van der Waals surface area (Å²) in [6.45, 7) is 3.50. The van der Waals surface area contributed by atoms with Crippen molar-refractivity contribution in [2.45, 2.75) is 19.9 Å². The van der Waals surface area contributed by atoms with Crippen molar-refractivity contribution in [1.29, 1.82) is 0 Å². The van der Waals surface area contributed by atoms with E-state index in [9.17, 15) is 4.79 Å². The number of carbonyl (C=O) groups excluding carboxylic acids is 1. The van der Waals surface area contributed by atoms with Gasteiger partial charge in [0.2, 0.25) is 5.91 Å². The van der Waals surface area contributed by atoms with Crippen LogP contribution < -0.4 is 5.32 Å². The van der Waals surface area contributed by atoms with Crippen molar-refractivity contribution in [2.24, 2.45) is 0 Å². The molecule has 0 heterocycles. The number of hydrogen-bond acceptors (Lipinski definition) is 1. The van der Waals surface area contributed by atoms with Gasteiger partial charge < -0.3 is 5.32 Å². The predicted octanol–water partition coefficient (Wildman–Crippen LogP) is 1.88. The Hall–Kier alpha value is -1.31. The third kappa shape index (κ3) is 2.38. The van der Waals surface area contributed by atoms with E-state index in [0.29, 0.717) is 0 Å². The van der Waals surface area contributed by atoms with Crippen LogP contribution in [0.2, 0.25) is 0 Å². The van der Waals surface area contributed by atoms with Gasteiger partial charge in [-0.25, -0.2) is 0 Å². The highest BCUT2D eigenvalue weighted by atomic mass is 16.2. The zero-order chi connectivity index (χ0) is 8.97. The monoisotopic (exact) mass is 164 g/mol. The lowest BCUT2D eigenvalue weighted by Crippen LogP contribution is -2.23. The molecule has 1 atom stereocenters. The number of carbonyl (C=O) groups is 1. The van der Waals surface area contributed by atoms with Crippen LogP contribution in [0.3, 0.4) is 0 Å². The third-order valence-corrected chi connectivity index (χ3v) is 1.72. The molecule has 0 bridgehead atoms. The van der Waals surface area contributed by atoms with Crippen molar-refractivity contribution in [1.82, 2.24) is 5.32 Å². The van der Waals surface area contributed by atoms with E-state index in [1.807, 2.05) is 37.3 Å². The Bertz CT molecular complexity index is 256. The SMILES string of the molecule is C[C@H](NC([13CH3])=O)c1ccccc1. The smallest absolute Gasteiger partial charge is 0.217 e. The summed E-state index contributed by atoms with van der Waals surface area (Å²) in [6, 6.07) is 10.00. The molecule has 0 fully saturated rings. The fraction of sp³-hybridized carbons (Fsp3) is 0.300. The van der Waals surface area contributed by atoms with Gasteiger partial charge in [0.05, 0.1) is 6.04 Å². The Balaban J connectivity index is 2.65. The lowest BCUT2D eigenvalue weighted by Gasteiger charge is -2.11. The van der Waals surface area contributed by atoms with E-state index in [1.54, 1.807) is 0 Å². The fourth-order valence-electron chi connectivity index (χ4n) is 1.13. The standard InChI is InChI=1S/C10H13NO/c1-8(11-9(2)12)10-6-4-3-5-7-10/h3-8H,1-2H3,(H,11,12)/t8-/m0/s1/i2+1. The second-order valence-corrected chi connectivity index (χ2v) is 2.83. The third-order valence-electron chi connectivity index (χ3n) is 1.72. The van der Waals surface area contributed by atoms with Gasteiger partial charge in [-0.2, -0.15) is 0 Å². The van der Waals surface area contributed by atoms with E-state index in [1.165, 1.54) is 6.92 Å². The zero-order valence-corrected chi connectivity index (χ0v) is 7.37. The summed E-state index contributed by atoms with van der Waals surface area (Å²) >= 11 is 0. The summed E-state index contributed by atoms with van der Waals surface area (Å²) in [4.78, 5) is 10.7. The molecule has 0 aromatic heterocycles. The highest BCUT2D eigenvalue weighted by Crippen LogP contribution is 2.10. The first-order valence-electron chi connectivity index (χ1n) is 4.02. The van der Waals surface area contributed by atoms with Crippen LogP contribution in [0.5, 0.6) is 0 Å². The minimum Gasteiger partial charge on any atom is -0.350 e. The van der Waals surface area contributed by atoms with Gasteiger partial charge in [0.1, 0.15) is 0 Å². The molecule has 0 aliphatic heterocycles. The van der Waals surface area contributed by atoms with Crippen LogP contribution in [0.15, 0.2) is 30.3 Å². The molecule has 1 amide bonds. The van der Waals surface area contributed by atoms with Crippen LogP contribution in [0.4, 0.5) is 0 Å². The molecule has 2 nitrogen and oxygen atoms in total. The number of nitrogens with one attached hydrogen (secondary N) is 1. The van der Waals surface area contributed by atoms with Crippen LogP contribution in [0, 0.1) is 0 Å². The Morgan fingerprint density at radius 3 is 2.42 bits per heavy atom. The number of rotatable bonds is 2. The molecule has 1 aromatic rings. The van der Waals surface area contributed by atoms with Gasteiger partial charge in [0, 0.05) is 6.92 Å². The van der Waals surface area contributed by atoms with E-state index in [0.717, 1.165) is 5.56 Å². The highest BCUT2D eigenvalue weighted by Gasteiger charge is 2.03. The molecule has 2 heteroatoms. The topological polar surface area (TPSA) is 29.1 Å². The average molecular weight is 164 g/mol. The maximum absolute atomic E-state index is 10.7. The van der Waals surface area contributed by atoms with Crippen molar-refractivity contribution in [3.05, 3.63) is 35.9 Å². The quantitative estimate of drug-likeness (QED) is 0.664. The van der Waals surface area contributed by atoms with Crippen molar-refractivity contribution < 1.29 is 4.79 Å². The van der Waals surface area contributed by atoms with Gasteiger partial charge in [-0.3, -0.25) is 4.79 Å². The summed E-state index contributed by atoms with van der Waals surface area (Å²) in [5.41, 5.74) is 1.13. The number of hydrogen-bond donors (Lipinski definition) is 1. The molecule has 0 aliphatic rings. The minimum atomic E-state index is 0.00588. The maximum Gasteiger partial charge on any atom is 0.217 e. The largest absolute Gasteiger partial charge is 0.350 e. The molecule has 1 aromatic carbocycles. The van der Waals surface area contributed by atoms with Gasteiger partial charge >= 0.3 is 0 Å². The van der Waals surface area contributed by atoms with Gasteiger partial charge in [0.15, 0.2) is 0 Å². The van der Waals surface area contributed by atoms with Gasteiger partial charge in [-0.1, -0.05) is 30.3 Å². The summed E-state index contributed by atoms with van der Waals surface area (Å²) in [7, 11) is 0. The van der Waals surface area contributed by atoms with Crippen LogP contribution >= 0.6 is 0 Å². The van der Waals surface area contributed by atoms with Gasteiger partial charge in [0.25, 0.3) is 0 Å². The van der Waals surface area contributed by atoms with Gasteiger partial charge in [-0.05, 0) is 12.5 Å².